The first-order chi connectivity index (χ1) is 7.44. The van der Waals surface area contributed by atoms with Crippen LogP contribution in [0.25, 0.3) is 0 Å². The maximum atomic E-state index is 11.4. The predicted octanol–water partition coefficient (Wildman–Crippen LogP) is 0.301. The van der Waals surface area contributed by atoms with Crippen molar-refractivity contribution >= 4 is 11.9 Å². The summed E-state index contributed by atoms with van der Waals surface area (Å²) in [5.74, 6) is -0.194. The van der Waals surface area contributed by atoms with E-state index in [9.17, 15) is 9.59 Å². The van der Waals surface area contributed by atoms with Gasteiger partial charge in [0.2, 0.25) is 5.91 Å². The number of esters is 1. The molecule has 5 heteroatoms. The van der Waals surface area contributed by atoms with Crippen LogP contribution in [-0.2, 0) is 14.3 Å². The molecule has 0 aromatic rings. The van der Waals surface area contributed by atoms with E-state index in [0.29, 0.717) is 19.5 Å². The minimum atomic E-state index is -0.431. The van der Waals surface area contributed by atoms with Crippen LogP contribution in [0.15, 0.2) is 0 Å². The van der Waals surface area contributed by atoms with Gasteiger partial charge in [-0.25, -0.2) is 0 Å². The monoisotopic (exact) mass is 230 g/mol. The zero-order valence-electron chi connectivity index (χ0n) is 10.6. The van der Waals surface area contributed by atoms with Crippen LogP contribution in [0.3, 0.4) is 0 Å². The Balaban J connectivity index is 3.66. The molecule has 0 saturated carbocycles. The van der Waals surface area contributed by atoms with Gasteiger partial charge in [0.05, 0.1) is 12.5 Å². The number of hydrogen-bond acceptors (Lipinski definition) is 4. The topological polar surface area (TPSA) is 67.4 Å². The Morgan fingerprint density at radius 3 is 2.44 bits per heavy atom. The molecule has 0 unspecified atom stereocenters. The molecule has 0 heterocycles. The Morgan fingerprint density at radius 2 is 1.94 bits per heavy atom. The van der Waals surface area contributed by atoms with Crippen LogP contribution in [0.4, 0.5) is 0 Å². The lowest BCUT2D eigenvalue weighted by Crippen LogP contribution is -2.42. The number of ether oxygens (including phenoxy) is 1. The van der Waals surface area contributed by atoms with E-state index in [-0.39, 0.29) is 11.9 Å². The lowest BCUT2D eigenvalue weighted by Gasteiger charge is -2.22. The third-order valence-corrected chi connectivity index (χ3v) is 2.37. The van der Waals surface area contributed by atoms with Crippen molar-refractivity contribution in [2.45, 2.75) is 26.7 Å². The third-order valence-electron chi connectivity index (χ3n) is 2.37. The summed E-state index contributed by atoms with van der Waals surface area (Å²) in [4.78, 5) is 22.2. The van der Waals surface area contributed by atoms with Gasteiger partial charge in [0, 0.05) is 20.0 Å². The normalized spacial score (nSPS) is 11.0. The second-order valence-corrected chi connectivity index (χ2v) is 4.32. The van der Waals surface area contributed by atoms with E-state index in [4.69, 9.17) is 0 Å². The Hall–Kier alpha value is -1.10. The van der Waals surface area contributed by atoms with Crippen molar-refractivity contribution in [2.24, 2.45) is 5.41 Å². The van der Waals surface area contributed by atoms with Crippen molar-refractivity contribution in [3.8, 4) is 0 Å². The molecule has 0 radical (unpaired) electrons. The molecule has 0 rings (SSSR count). The fraction of sp³-hybridized carbons (Fsp3) is 0.818. The molecule has 0 aliphatic heterocycles. The largest absolute Gasteiger partial charge is 0.469 e. The summed E-state index contributed by atoms with van der Waals surface area (Å²) in [6.45, 7) is 5.04. The molecule has 94 valence electrons. The van der Waals surface area contributed by atoms with Gasteiger partial charge in [0.15, 0.2) is 0 Å². The van der Waals surface area contributed by atoms with Crippen molar-refractivity contribution in [3.63, 3.8) is 0 Å². The highest BCUT2D eigenvalue weighted by molar-refractivity contribution is 5.81. The van der Waals surface area contributed by atoms with Crippen LogP contribution in [0.1, 0.15) is 26.7 Å². The first kappa shape index (κ1) is 14.9. The minimum absolute atomic E-state index is 0.00738. The van der Waals surface area contributed by atoms with Crippen molar-refractivity contribution in [1.82, 2.24) is 10.6 Å². The Kier molecular flexibility index (Phi) is 6.72. The number of nitrogens with one attached hydrogen (secondary N) is 2. The Labute approximate surface area is 96.9 Å². The van der Waals surface area contributed by atoms with E-state index in [2.05, 4.69) is 15.4 Å². The van der Waals surface area contributed by atoms with Crippen LogP contribution in [0.2, 0.25) is 0 Å². The quantitative estimate of drug-likeness (QED) is 0.487. The van der Waals surface area contributed by atoms with E-state index in [0.717, 1.165) is 6.42 Å². The smallest absolute Gasteiger partial charge is 0.305 e. The summed E-state index contributed by atoms with van der Waals surface area (Å²) in [6, 6.07) is 0. The van der Waals surface area contributed by atoms with Gasteiger partial charge in [-0.2, -0.15) is 0 Å². The Bertz CT molecular complexity index is 239. The van der Waals surface area contributed by atoms with Gasteiger partial charge < -0.3 is 15.4 Å². The second-order valence-electron chi connectivity index (χ2n) is 4.32. The van der Waals surface area contributed by atoms with Crippen LogP contribution >= 0.6 is 0 Å². The van der Waals surface area contributed by atoms with E-state index >= 15 is 0 Å². The summed E-state index contributed by atoms with van der Waals surface area (Å²) in [5.41, 5.74) is -0.431. The van der Waals surface area contributed by atoms with E-state index in [1.54, 1.807) is 7.05 Å². The van der Waals surface area contributed by atoms with Gasteiger partial charge >= 0.3 is 5.97 Å². The lowest BCUT2D eigenvalue weighted by molar-refractivity contribution is -0.140. The summed E-state index contributed by atoms with van der Waals surface area (Å²) in [5, 5.41) is 5.77. The number of hydrogen-bond donors (Lipinski definition) is 2. The first-order valence-corrected chi connectivity index (χ1v) is 5.43. The van der Waals surface area contributed by atoms with E-state index < -0.39 is 5.41 Å². The highest BCUT2D eigenvalue weighted by atomic mass is 16.5. The van der Waals surface area contributed by atoms with Gasteiger partial charge in [-0.1, -0.05) is 0 Å². The highest BCUT2D eigenvalue weighted by Gasteiger charge is 2.25. The predicted molar refractivity (Wildman–Crippen MR) is 62.0 cm³/mol. The molecular formula is C11H22N2O3. The van der Waals surface area contributed by atoms with Crippen LogP contribution in [0, 0.1) is 5.41 Å². The summed E-state index contributed by atoms with van der Waals surface area (Å²) < 4.78 is 4.52. The number of carbonyl (C=O) groups is 2. The first-order valence-electron chi connectivity index (χ1n) is 5.43. The zero-order chi connectivity index (χ0) is 12.6. The van der Waals surface area contributed by atoms with Crippen LogP contribution in [-0.4, -0.2) is 39.1 Å². The van der Waals surface area contributed by atoms with Gasteiger partial charge in [-0.3, -0.25) is 9.59 Å². The van der Waals surface area contributed by atoms with Gasteiger partial charge in [0.1, 0.15) is 0 Å². The number of rotatable bonds is 7. The van der Waals surface area contributed by atoms with Crippen molar-refractivity contribution in [1.29, 1.82) is 0 Å². The molecule has 0 aliphatic rings. The molecule has 1 amide bonds. The Morgan fingerprint density at radius 1 is 1.31 bits per heavy atom. The minimum Gasteiger partial charge on any atom is -0.469 e. The standard InChI is InChI=1S/C11H22N2O3/c1-11(2,10(15)12-3)8-13-7-5-6-9(14)16-4/h13H,5-8H2,1-4H3,(H,12,15). The lowest BCUT2D eigenvalue weighted by atomic mass is 9.92. The molecule has 16 heavy (non-hydrogen) atoms. The average Bonchev–Trinajstić information content (AvgIpc) is 2.26. The number of methoxy groups -OCH3 is 1. The molecule has 0 aromatic carbocycles. The third kappa shape index (κ3) is 5.70. The maximum absolute atomic E-state index is 11.4. The average molecular weight is 230 g/mol. The highest BCUT2D eigenvalue weighted by Crippen LogP contribution is 2.12. The zero-order valence-corrected chi connectivity index (χ0v) is 10.6. The van der Waals surface area contributed by atoms with E-state index in [1.807, 2.05) is 13.8 Å². The molecule has 0 bridgehead atoms. The molecule has 0 aromatic heterocycles. The molecule has 5 nitrogen and oxygen atoms in total. The van der Waals surface area contributed by atoms with E-state index in [1.165, 1.54) is 7.11 Å². The fourth-order valence-corrected chi connectivity index (χ4v) is 1.28. The van der Waals surface area contributed by atoms with Gasteiger partial charge in [0.25, 0.3) is 0 Å². The summed E-state index contributed by atoms with van der Waals surface area (Å²) >= 11 is 0. The SMILES string of the molecule is CNC(=O)C(C)(C)CNCCCC(=O)OC. The molecule has 2 N–H and O–H groups in total. The summed E-state index contributed by atoms with van der Waals surface area (Å²) in [7, 11) is 3.01. The molecule has 0 fully saturated rings. The number of carbonyl (C=O) groups excluding carboxylic acids is 2. The molecule has 0 atom stereocenters. The van der Waals surface area contributed by atoms with Crippen LogP contribution < -0.4 is 10.6 Å². The number of amides is 1. The molecule has 0 saturated heterocycles. The van der Waals surface area contributed by atoms with Crippen molar-refractivity contribution in [3.05, 3.63) is 0 Å². The van der Waals surface area contributed by atoms with Crippen molar-refractivity contribution in [2.75, 3.05) is 27.2 Å². The van der Waals surface area contributed by atoms with Crippen molar-refractivity contribution < 1.29 is 14.3 Å². The second kappa shape index (κ2) is 7.22. The summed E-state index contributed by atoms with van der Waals surface area (Å²) in [6.07, 6.45) is 1.13. The molecule has 0 spiro atoms. The molecule has 0 aliphatic carbocycles. The maximum Gasteiger partial charge on any atom is 0.305 e. The van der Waals surface area contributed by atoms with Gasteiger partial charge in [-0.15, -0.1) is 0 Å². The van der Waals surface area contributed by atoms with Gasteiger partial charge in [-0.05, 0) is 26.8 Å². The fourth-order valence-electron chi connectivity index (χ4n) is 1.28. The van der Waals surface area contributed by atoms with Crippen LogP contribution in [0.5, 0.6) is 0 Å². The molecular weight excluding hydrogens is 208 g/mol.